The van der Waals surface area contributed by atoms with E-state index < -0.39 is 23.3 Å². The van der Waals surface area contributed by atoms with Gasteiger partial charge >= 0.3 is 6.01 Å². The number of nitriles is 1. The fourth-order valence-corrected chi connectivity index (χ4v) is 10.2. The van der Waals surface area contributed by atoms with Gasteiger partial charge in [0.1, 0.15) is 29.0 Å². The molecule has 3 aromatic heterocycles. The molecule has 4 fully saturated rings. The van der Waals surface area contributed by atoms with E-state index in [9.17, 15) is 14.0 Å². The first-order valence-electron chi connectivity index (χ1n) is 16.2. The van der Waals surface area contributed by atoms with Gasteiger partial charge in [-0.1, -0.05) is 18.2 Å². The highest BCUT2D eigenvalue weighted by atomic mass is 35.5. The summed E-state index contributed by atoms with van der Waals surface area (Å²) in [5, 5.41) is 14.2. The number of benzene rings is 1. The van der Waals surface area contributed by atoms with E-state index in [-0.39, 0.29) is 91.7 Å². The van der Waals surface area contributed by atoms with Crippen LogP contribution in [0.4, 0.5) is 28.4 Å². The zero-order valence-electron chi connectivity index (χ0n) is 26.1. The Morgan fingerprint density at radius 3 is 2.88 bits per heavy atom. The summed E-state index contributed by atoms with van der Waals surface area (Å²) < 4.78 is 66.0. The average Bonchev–Trinajstić information content (AvgIpc) is 3.82. The van der Waals surface area contributed by atoms with Crippen LogP contribution in [0.5, 0.6) is 6.01 Å². The van der Waals surface area contributed by atoms with Gasteiger partial charge in [-0.25, -0.2) is 8.78 Å². The number of nitrogens with two attached hydrogens (primary N) is 1. The second-order valence-corrected chi connectivity index (χ2v) is 15.1. The number of halogens is 5. The average molecular weight is 709 g/mol. The molecule has 1 aromatic carbocycles. The SMILES string of the molecule is C=C1C[C@@H]2[C@@H]3CC[C@H](CN2c2nc(OC[C@@]45CCCN4CC(=C(F)F)C5)nc4c(F)c(-c5ncc(F)c6sc(N)c(C#N)c56)c(Cl)c1c24)N3. The first-order valence-corrected chi connectivity index (χ1v) is 17.4. The van der Waals surface area contributed by atoms with Gasteiger partial charge in [0.15, 0.2) is 11.6 Å². The number of fused-ring (bicyclic) bond motifs is 7. The number of piperazine rings is 1. The van der Waals surface area contributed by atoms with Gasteiger partial charge in [-0.2, -0.15) is 24.0 Å². The Morgan fingerprint density at radius 1 is 1.24 bits per heavy atom. The Hall–Kier alpha value is -4.03. The van der Waals surface area contributed by atoms with Crippen molar-refractivity contribution in [2.45, 2.75) is 62.2 Å². The molecule has 0 amide bonds. The second-order valence-electron chi connectivity index (χ2n) is 13.7. The molecule has 5 aliphatic heterocycles. The van der Waals surface area contributed by atoms with E-state index in [0.29, 0.717) is 48.3 Å². The summed E-state index contributed by atoms with van der Waals surface area (Å²) in [5.41, 5.74) is 6.34. The minimum atomic E-state index is -1.66. The Bertz CT molecular complexity index is 2220. The van der Waals surface area contributed by atoms with E-state index in [4.69, 9.17) is 27.1 Å². The fourth-order valence-electron chi connectivity index (χ4n) is 8.87. The van der Waals surface area contributed by atoms with Crippen molar-refractivity contribution < 1.29 is 22.3 Å². The summed E-state index contributed by atoms with van der Waals surface area (Å²) >= 11 is 8.04. The number of pyridine rings is 1. The van der Waals surface area contributed by atoms with Crippen molar-refractivity contribution >= 4 is 60.3 Å². The van der Waals surface area contributed by atoms with Crippen molar-refractivity contribution in [2.24, 2.45) is 0 Å². The third-order valence-electron chi connectivity index (χ3n) is 11.1. The molecule has 0 aliphatic carbocycles. The second kappa shape index (κ2) is 11.0. The van der Waals surface area contributed by atoms with Crippen LogP contribution in [0.25, 0.3) is 37.8 Å². The van der Waals surface area contributed by atoms with Crippen molar-refractivity contribution in [2.75, 3.05) is 36.9 Å². The summed E-state index contributed by atoms with van der Waals surface area (Å²) in [5.74, 6) is -1.09. The van der Waals surface area contributed by atoms with Gasteiger partial charge < -0.3 is 20.7 Å². The minimum Gasteiger partial charge on any atom is -0.461 e. The van der Waals surface area contributed by atoms with Crippen molar-refractivity contribution in [3.05, 3.63) is 52.2 Å². The number of ether oxygens (including phenoxy) is 1. The third kappa shape index (κ3) is 4.45. The molecule has 8 heterocycles. The maximum atomic E-state index is 17.3. The van der Waals surface area contributed by atoms with Crippen LogP contribution in [-0.2, 0) is 0 Å². The van der Waals surface area contributed by atoms with E-state index in [1.807, 2.05) is 11.0 Å². The Morgan fingerprint density at radius 2 is 2.08 bits per heavy atom. The Labute approximate surface area is 287 Å². The number of hydrogen-bond donors (Lipinski definition) is 2. The van der Waals surface area contributed by atoms with Gasteiger partial charge in [-0.3, -0.25) is 9.88 Å². The van der Waals surface area contributed by atoms with Gasteiger partial charge in [-0.15, -0.1) is 11.3 Å². The summed E-state index contributed by atoms with van der Waals surface area (Å²) in [6, 6.07) is 2.20. The number of nitrogens with one attached hydrogen (secondary N) is 1. The van der Waals surface area contributed by atoms with E-state index in [2.05, 4.69) is 26.8 Å². The van der Waals surface area contributed by atoms with Crippen LogP contribution in [0.2, 0.25) is 5.02 Å². The zero-order chi connectivity index (χ0) is 33.9. The molecular formula is C34H29ClF4N8OS. The highest BCUT2D eigenvalue weighted by molar-refractivity contribution is 7.23. The van der Waals surface area contributed by atoms with Crippen molar-refractivity contribution in [3.63, 3.8) is 0 Å². The standard InChI is InChI=1S/C34H29ClF4N8OS/c1-14-7-20-19-4-3-16(43-19)12-47(20)32-23-21(14)25(35)24(27-22-17(9-40)31(41)49-29(22)18(36)10-42-27)26(37)28(23)44-33(45-32)48-13-34-5-2-6-46(34)11-15(8-34)30(38)39/h10,16,19-20,43H,1-8,11-13,41H2/t16-,19+,20-,34+/m1/s1. The predicted molar refractivity (Wildman–Crippen MR) is 180 cm³/mol. The molecule has 0 saturated carbocycles. The first-order chi connectivity index (χ1) is 23.6. The van der Waals surface area contributed by atoms with Crippen LogP contribution < -0.4 is 20.7 Å². The number of hydrogen-bond acceptors (Lipinski definition) is 10. The molecule has 9 rings (SSSR count). The zero-order valence-corrected chi connectivity index (χ0v) is 27.6. The van der Waals surface area contributed by atoms with E-state index >= 15 is 8.78 Å². The predicted octanol–water partition coefficient (Wildman–Crippen LogP) is 6.79. The van der Waals surface area contributed by atoms with Crippen molar-refractivity contribution in [3.8, 4) is 23.3 Å². The number of nitrogens with zero attached hydrogens (tertiary/aromatic N) is 6. The number of nitrogen functional groups attached to an aromatic ring is 1. The lowest BCUT2D eigenvalue weighted by molar-refractivity contribution is 0.108. The quantitative estimate of drug-likeness (QED) is 0.221. The number of thiophene rings is 1. The Kier molecular flexibility index (Phi) is 6.95. The lowest BCUT2D eigenvalue weighted by Crippen LogP contribution is -2.58. The summed E-state index contributed by atoms with van der Waals surface area (Å²) in [6.07, 6.45) is 3.43. The number of rotatable bonds is 4. The molecule has 4 aromatic rings. The van der Waals surface area contributed by atoms with Crippen LogP contribution in [0, 0.1) is 23.0 Å². The maximum absolute atomic E-state index is 17.3. The molecule has 9 nitrogen and oxygen atoms in total. The molecule has 0 spiro atoms. The molecule has 0 radical (unpaired) electrons. The van der Waals surface area contributed by atoms with E-state index in [1.54, 1.807) is 0 Å². The molecule has 3 N–H and O–H groups in total. The van der Waals surface area contributed by atoms with Gasteiger partial charge in [0, 0.05) is 47.7 Å². The molecule has 252 valence electrons. The molecule has 4 atom stereocenters. The highest BCUT2D eigenvalue weighted by Gasteiger charge is 2.49. The van der Waals surface area contributed by atoms with Crippen LogP contribution in [-0.4, -0.2) is 69.8 Å². The fraction of sp³-hybridized carbons (Fsp3) is 0.412. The minimum absolute atomic E-state index is 0.000407. The van der Waals surface area contributed by atoms with Gasteiger partial charge in [-0.05, 0) is 50.6 Å². The lowest BCUT2D eigenvalue weighted by Gasteiger charge is -2.41. The smallest absolute Gasteiger partial charge is 0.319 e. The van der Waals surface area contributed by atoms with Crippen LogP contribution >= 0.6 is 22.9 Å². The van der Waals surface area contributed by atoms with Crippen LogP contribution in [0.1, 0.15) is 49.7 Å². The molecule has 0 unspecified atom stereocenters. The molecule has 2 bridgehead atoms. The van der Waals surface area contributed by atoms with Gasteiger partial charge in [0.25, 0.3) is 6.08 Å². The largest absolute Gasteiger partial charge is 0.461 e. The molecule has 5 aliphatic rings. The molecule has 49 heavy (non-hydrogen) atoms. The summed E-state index contributed by atoms with van der Waals surface area (Å²) in [4.78, 5) is 18.0. The van der Waals surface area contributed by atoms with Gasteiger partial charge in [0.2, 0.25) is 0 Å². The van der Waals surface area contributed by atoms with Crippen LogP contribution in [0.15, 0.2) is 24.4 Å². The summed E-state index contributed by atoms with van der Waals surface area (Å²) in [7, 11) is 0. The lowest BCUT2D eigenvalue weighted by atomic mass is 9.92. The van der Waals surface area contributed by atoms with Crippen LogP contribution in [0.3, 0.4) is 0 Å². The van der Waals surface area contributed by atoms with E-state index in [1.165, 1.54) is 0 Å². The molecule has 15 heteroatoms. The van der Waals surface area contributed by atoms with Gasteiger partial charge in [0.05, 0.1) is 43.7 Å². The topological polar surface area (TPSA) is 116 Å². The Balaban J connectivity index is 1.27. The maximum Gasteiger partial charge on any atom is 0.319 e. The monoisotopic (exact) mass is 708 g/mol. The third-order valence-corrected chi connectivity index (χ3v) is 12.5. The molecular weight excluding hydrogens is 680 g/mol. The van der Waals surface area contributed by atoms with E-state index in [0.717, 1.165) is 36.8 Å². The summed E-state index contributed by atoms with van der Waals surface area (Å²) in [6.45, 7) is 5.92. The highest BCUT2D eigenvalue weighted by Crippen LogP contribution is 2.51. The van der Waals surface area contributed by atoms with Crippen molar-refractivity contribution in [1.82, 2.24) is 25.2 Å². The molecule has 4 saturated heterocycles. The first kappa shape index (κ1) is 31.0. The number of anilines is 2. The van der Waals surface area contributed by atoms with Crippen molar-refractivity contribution in [1.29, 1.82) is 5.26 Å². The number of aromatic nitrogens is 3. The normalized spacial score (nSPS) is 26.0.